The zero-order valence-electron chi connectivity index (χ0n) is 17.8. The Bertz CT molecular complexity index is 1520. The Hall–Kier alpha value is -3.86. The van der Waals surface area contributed by atoms with Gasteiger partial charge in [0, 0.05) is 19.8 Å². The smallest absolute Gasteiger partial charge is 0.324 e. The molecule has 8 nitrogen and oxygen atoms in total. The van der Waals surface area contributed by atoms with Crippen LogP contribution in [-0.4, -0.2) is 24.6 Å². The summed E-state index contributed by atoms with van der Waals surface area (Å²) in [7, 11) is 2.73. The Balaban J connectivity index is 1.86. The Morgan fingerprint density at radius 1 is 1.06 bits per heavy atom. The van der Waals surface area contributed by atoms with Crippen molar-refractivity contribution in [3.63, 3.8) is 0 Å². The number of amides is 1. The summed E-state index contributed by atoms with van der Waals surface area (Å²) in [6.45, 7) is 0. The van der Waals surface area contributed by atoms with Crippen LogP contribution in [0.2, 0.25) is 5.02 Å². The molecule has 12 heteroatoms. The summed E-state index contributed by atoms with van der Waals surface area (Å²) >= 11 is 5.67. The zero-order valence-corrected chi connectivity index (χ0v) is 18.6. The Labute approximate surface area is 194 Å². The molecule has 4 rings (SSSR count). The van der Waals surface area contributed by atoms with Gasteiger partial charge in [0.05, 0.1) is 16.9 Å². The summed E-state index contributed by atoms with van der Waals surface area (Å²) in [4.78, 5) is 42.7. The fraction of sp³-hybridized carbons (Fsp3) is 0.182. The molecule has 1 amide bonds. The molecule has 0 aliphatic rings. The van der Waals surface area contributed by atoms with Crippen molar-refractivity contribution in [2.45, 2.75) is 12.2 Å². The summed E-state index contributed by atoms with van der Waals surface area (Å²) in [6, 6.07) is 10.2. The van der Waals surface area contributed by atoms with Gasteiger partial charge in [0.1, 0.15) is 6.04 Å². The highest BCUT2D eigenvalue weighted by molar-refractivity contribution is 6.31. The molecule has 176 valence electrons. The van der Waals surface area contributed by atoms with Crippen LogP contribution < -0.4 is 16.6 Å². The topological polar surface area (TPSA) is 90.9 Å². The number of hydrogen-bond donors (Lipinski definition) is 1. The minimum atomic E-state index is -4.71. The van der Waals surface area contributed by atoms with E-state index in [-0.39, 0.29) is 16.9 Å². The number of carbonyl (C=O) groups excluding carboxylic acids is 1. The first-order valence-electron chi connectivity index (χ1n) is 9.86. The molecule has 2 aromatic carbocycles. The quantitative estimate of drug-likeness (QED) is 0.474. The second-order valence-corrected chi connectivity index (χ2v) is 7.93. The lowest BCUT2D eigenvalue weighted by Gasteiger charge is -2.20. The number of imidazole rings is 1. The number of halogens is 4. The number of carbonyl (C=O) groups is 1. The summed E-state index contributed by atoms with van der Waals surface area (Å²) in [6.07, 6.45) is -3.47. The molecule has 0 aliphatic carbocycles. The molecule has 1 unspecified atom stereocenters. The van der Waals surface area contributed by atoms with Crippen molar-refractivity contribution < 1.29 is 18.0 Å². The maximum atomic E-state index is 13.4. The SMILES string of the molecule is Cn1c(=O)c2c(ncn2C(C(=O)Nc2ccc(Cl)c(C(F)(F)F)c2)c2ccccc2)n(C)c1=O. The van der Waals surface area contributed by atoms with E-state index in [4.69, 9.17) is 11.6 Å². The average molecular weight is 492 g/mol. The molecule has 0 saturated carbocycles. The first-order valence-corrected chi connectivity index (χ1v) is 10.2. The van der Waals surface area contributed by atoms with Gasteiger partial charge in [-0.15, -0.1) is 0 Å². The van der Waals surface area contributed by atoms with Crippen molar-refractivity contribution in [3.05, 3.63) is 91.8 Å². The molecule has 0 spiro atoms. The lowest BCUT2D eigenvalue weighted by atomic mass is 10.1. The van der Waals surface area contributed by atoms with E-state index in [1.165, 1.54) is 35.6 Å². The van der Waals surface area contributed by atoms with Crippen LogP contribution in [0.3, 0.4) is 0 Å². The molecule has 1 N–H and O–H groups in total. The molecule has 34 heavy (non-hydrogen) atoms. The number of fused-ring (bicyclic) bond motifs is 1. The van der Waals surface area contributed by atoms with Crippen LogP contribution in [0.5, 0.6) is 0 Å². The van der Waals surface area contributed by atoms with Crippen molar-refractivity contribution in [3.8, 4) is 0 Å². The minimum Gasteiger partial charge on any atom is -0.324 e. The standard InChI is InChI=1S/C22H17ClF3N5O3/c1-29-18-17(20(33)30(2)21(29)34)31(11-27-18)16(12-6-4-3-5-7-12)19(32)28-13-8-9-15(23)14(10-13)22(24,25)26/h3-11,16H,1-2H3,(H,28,32). The van der Waals surface area contributed by atoms with Gasteiger partial charge in [-0.2, -0.15) is 13.2 Å². The molecule has 0 radical (unpaired) electrons. The third-order valence-electron chi connectivity index (χ3n) is 5.35. The second kappa shape index (κ2) is 8.49. The Kier molecular flexibility index (Phi) is 5.82. The van der Waals surface area contributed by atoms with Gasteiger partial charge in [-0.25, -0.2) is 9.78 Å². The number of aromatic nitrogens is 4. The van der Waals surface area contributed by atoms with Gasteiger partial charge in [-0.1, -0.05) is 41.9 Å². The van der Waals surface area contributed by atoms with E-state index in [1.54, 1.807) is 30.3 Å². The first kappa shape index (κ1) is 23.3. The Morgan fingerprint density at radius 2 is 1.74 bits per heavy atom. The minimum absolute atomic E-state index is 0.0133. The van der Waals surface area contributed by atoms with Crippen molar-refractivity contribution >= 4 is 34.4 Å². The van der Waals surface area contributed by atoms with Crippen LogP contribution in [0.15, 0.2) is 64.4 Å². The van der Waals surface area contributed by atoms with E-state index >= 15 is 0 Å². The van der Waals surface area contributed by atoms with Crippen molar-refractivity contribution in [1.29, 1.82) is 0 Å². The van der Waals surface area contributed by atoms with Crippen molar-refractivity contribution in [2.24, 2.45) is 14.1 Å². The predicted octanol–water partition coefficient (Wildman–Crippen LogP) is 3.33. The number of alkyl halides is 3. The third kappa shape index (κ3) is 3.98. The molecule has 2 aromatic heterocycles. The molecule has 0 aliphatic heterocycles. The van der Waals surface area contributed by atoms with Gasteiger partial charge in [0.25, 0.3) is 11.5 Å². The molecular weight excluding hydrogens is 475 g/mol. The van der Waals surface area contributed by atoms with E-state index in [2.05, 4.69) is 10.3 Å². The van der Waals surface area contributed by atoms with E-state index in [0.29, 0.717) is 5.56 Å². The van der Waals surface area contributed by atoms with Gasteiger partial charge < -0.3 is 9.88 Å². The van der Waals surface area contributed by atoms with Gasteiger partial charge in [-0.05, 0) is 23.8 Å². The fourth-order valence-corrected chi connectivity index (χ4v) is 3.89. The molecule has 4 aromatic rings. The van der Waals surface area contributed by atoms with Gasteiger partial charge >= 0.3 is 11.9 Å². The molecular formula is C22H17ClF3N5O3. The predicted molar refractivity (Wildman–Crippen MR) is 120 cm³/mol. The van der Waals surface area contributed by atoms with Crippen LogP contribution in [-0.2, 0) is 25.1 Å². The van der Waals surface area contributed by atoms with Crippen LogP contribution in [0, 0.1) is 0 Å². The summed E-state index contributed by atoms with van der Waals surface area (Å²) in [5, 5.41) is 1.97. The summed E-state index contributed by atoms with van der Waals surface area (Å²) in [5.41, 5.74) is -2.00. The summed E-state index contributed by atoms with van der Waals surface area (Å²) in [5.74, 6) is -0.725. The lowest BCUT2D eigenvalue weighted by molar-refractivity contribution is -0.137. The number of nitrogens with one attached hydrogen (secondary N) is 1. The van der Waals surface area contributed by atoms with Gasteiger partial charge in [0.2, 0.25) is 0 Å². The number of anilines is 1. The maximum Gasteiger partial charge on any atom is 0.417 e. The maximum absolute atomic E-state index is 13.4. The highest BCUT2D eigenvalue weighted by Crippen LogP contribution is 2.36. The Morgan fingerprint density at radius 3 is 2.38 bits per heavy atom. The van der Waals surface area contributed by atoms with Crippen molar-refractivity contribution in [2.75, 3.05) is 5.32 Å². The second-order valence-electron chi connectivity index (χ2n) is 7.52. The fourth-order valence-electron chi connectivity index (χ4n) is 3.66. The molecule has 2 heterocycles. The lowest BCUT2D eigenvalue weighted by Crippen LogP contribution is -2.38. The number of aryl methyl sites for hydroxylation is 1. The van der Waals surface area contributed by atoms with Crippen LogP contribution in [0.1, 0.15) is 17.2 Å². The van der Waals surface area contributed by atoms with E-state index in [1.807, 2.05) is 0 Å². The number of rotatable bonds is 4. The van der Waals surface area contributed by atoms with E-state index < -0.39 is 40.0 Å². The van der Waals surface area contributed by atoms with Crippen LogP contribution in [0.4, 0.5) is 18.9 Å². The number of hydrogen-bond acceptors (Lipinski definition) is 4. The van der Waals surface area contributed by atoms with Crippen LogP contribution >= 0.6 is 11.6 Å². The molecule has 0 fully saturated rings. The first-order chi connectivity index (χ1) is 16.0. The number of nitrogens with zero attached hydrogens (tertiary/aromatic N) is 4. The highest BCUT2D eigenvalue weighted by atomic mass is 35.5. The van der Waals surface area contributed by atoms with E-state index in [9.17, 15) is 27.6 Å². The van der Waals surface area contributed by atoms with Gasteiger partial charge in [-0.3, -0.25) is 18.7 Å². The van der Waals surface area contributed by atoms with E-state index in [0.717, 1.165) is 16.7 Å². The third-order valence-corrected chi connectivity index (χ3v) is 5.68. The zero-order chi connectivity index (χ0) is 24.8. The molecule has 1 atom stereocenters. The van der Waals surface area contributed by atoms with Crippen molar-refractivity contribution in [1.82, 2.24) is 18.7 Å². The monoisotopic (exact) mass is 491 g/mol. The number of benzene rings is 2. The summed E-state index contributed by atoms with van der Waals surface area (Å²) < 4.78 is 43.1. The highest BCUT2D eigenvalue weighted by Gasteiger charge is 2.34. The average Bonchev–Trinajstić information content (AvgIpc) is 3.22. The largest absolute Gasteiger partial charge is 0.417 e. The normalized spacial score (nSPS) is 12.6. The molecule has 0 saturated heterocycles. The van der Waals surface area contributed by atoms with Gasteiger partial charge in [0.15, 0.2) is 11.2 Å². The van der Waals surface area contributed by atoms with Crippen LogP contribution in [0.25, 0.3) is 11.2 Å². The molecule has 0 bridgehead atoms.